The van der Waals surface area contributed by atoms with E-state index in [1.165, 1.54) is 0 Å². The van der Waals surface area contributed by atoms with Gasteiger partial charge in [0.2, 0.25) is 5.76 Å². The van der Waals surface area contributed by atoms with Gasteiger partial charge in [0.05, 0.1) is 30.2 Å². The predicted molar refractivity (Wildman–Crippen MR) is 126 cm³/mol. The molecular weight excluding hydrogens is 496 g/mol. The fourth-order valence-corrected chi connectivity index (χ4v) is 5.12. The number of amides is 1. The normalized spacial score (nSPS) is 19.0. The zero-order chi connectivity index (χ0) is 22.2. The number of halogens is 2. The number of carbonyl (C=O) groups excluding carboxylic acids is 1. The molecule has 0 saturated carbocycles. The van der Waals surface area contributed by atoms with Crippen molar-refractivity contribution in [2.45, 2.75) is 12.5 Å². The molecule has 3 heterocycles. The van der Waals surface area contributed by atoms with Crippen LogP contribution < -0.4 is 5.43 Å². The summed E-state index contributed by atoms with van der Waals surface area (Å²) in [5.74, 6) is -0.123. The number of rotatable bonds is 5. The molecule has 0 unspecified atom stereocenters. The van der Waals surface area contributed by atoms with Crippen LogP contribution in [0.25, 0.3) is 11.0 Å². The summed E-state index contributed by atoms with van der Waals surface area (Å²) >= 11 is 9.65. The monoisotopic (exact) mass is 516 g/mol. The van der Waals surface area contributed by atoms with Crippen LogP contribution in [0, 0.1) is 0 Å². The molecule has 1 saturated heterocycles. The average Bonchev–Trinajstić information content (AvgIpc) is 3.07. The lowest BCUT2D eigenvalue weighted by molar-refractivity contribution is 0.0353. The Morgan fingerprint density at radius 1 is 1.06 bits per heavy atom. The molecule has 6 nitrogen and oxygen atoms in total. The Kier molecular flexibility index (Phi) is 6.07. The van der Waals surface area contributed by atoms with E-state index < -0.39 is 6.04 Å². The highest BCUT2D eigenvalue weighted by Gasteiger charge is 2.42. The smallest absolute Gasteiger partial charge is 0.290 e. The molecule has 0 aliphatic carbocycles. The summed E-state index contributed by atoms with van der Waals surface area (Å²) < 4.78 is 12.3. The Labute approximate surface area is 198 Å². The SMILES string of the molecule is O=C1c2oc3ccc(Cl)cc3c(=O)c2[C@H](c2cccc(Br)c2)N1CCCN1CCOCC1. The predicted octanol–water partition coefficient (Wildman–Crippen LogP) is 4.48. The number of benzene rings is 2. The lowest BCUT2D eigenvalue weighted by Crippen LogP contribution is -2.38. The van der Waals surface area contributed by atoms with Crippen molar-refractivity contribution in [3.63, 3.8) is 0 Å². The molecule has 3 aromatic rings. The molecule has 2 aromatic carbocycles. The van der Waals surface area contributed by atoms with Crippen LogP contribution in [0.15, 0.2) is 56.1 Å². The zero-order valence-electron chi connectivity index (χ0n) is 17.4. The van der Waals surface area contributed by atoms with Crippen LogP contribution in [0.4, 0.5) is 0 Å². The van der Waals surface area contributed by atoms with Crippen LogP contribution >= 0.6 is 27.5 Å². The molecule has 0 radical (unpaired) electrons. The number of fused-ring (bicyclic) bond motifs is 2. The molecular formula is C24H22BrClN2O4. The van der Waals surface area contributed by atoms with Crippen LogP contribution in [0.1, 0.15) is 34.1 Å². The van der Waals surface area contributed by atoms with Crippen molar-refractivity contribution >= 4 is 44.4 Å². The molecule has 1 fully saturated rings. The number of hydrogen-bond donors (Lipinski definition) is 0. The van der Waals surface area contributed by atoms with E-state index in [1.54, 1.807) is 23.1 Å². The van der Waals surface area contributed by atoms with Gasteiger partial charge in [-0.1, -0.05) is 39.7 Å². The third-order valence-electron chi connectivity index (χ3n) is 6.07. The van der Waals surface area contributed by atoms with E-state index in [2.05, 4.69) is 20.8 Å². The largest absolute Gasteiger partial charge is 0.450 e. The molecule has 0 spiro atoms. The Morgan fingerprint density at radius 3 is 2.66 bits per heavy atom. The fraction of sp³-hybridized carbons (Fsp3) is 0.333. The standard InChI is InChI=1S/C24H22BrClN2O4/c25-16-4-1-3-15(13-16)21-20-22(29)18-14-17(26)5-6-19(18)32-23(20)24(30)28(21)8-2-7-27-9-11-31-12-10-27/h1,3-6,13-14,21H,2,7-12H2/t21-/m0/s1. The summed E-state index contributed by atoms with van der Waals surface area (Å²) in [6.45, 7) is 4.66. The summed E-state index contributed by atoms with van der Waals surface area (Å²) in [6, 6.07) is 12.1. The molecule has 8 heteroatoms. The molecule has 1 atom stereocenters. The number of carbonyl (C=O) groups is 1. The van der Waals surface area contributed by atoms with Gasteiger partial charge in [0, 0.05) is 35.7 Å². The second-order valence-electron chi connectivity index (χ2n) is 8.08. The van der Waals surface area contributed by atoms with Crippen molar-refractivity contribution in [3.05, 3.63) is 79.1 Å². The van der Waals surface area contributed by atoms with Gasteiger partial charge in [-0.2, -0.15) is 0 Å². The minimum atomic E-state index is -0.501. The van der Waals surface area contributed by atoms with Gasteiger partial charge in [0.25, 0.3) is 5.91 Å². The van der Waals surface area contributed by atoms with Crippen molar-refractivity contribution in [2.24, 2.45) is 0 Å². The Morgan fingerprint density at radius 2 is 1.88 bits per heavy atom. The Balaban J connectivity index is 1.54. The van der Waals surface area contributed by atoms with Gasteiger partial charge in [-0.15, -0.1) is 0 Å². The minimum Gasteiger partial charge on any atom is -0.450 e. The van der Waals surface area contributed by atoms with Gasteiger partial charge in [0.1, 0.15) is 5.58 Å². The van der Waals surface area contributed by atoms with E-state index in [0.717, 1.165) is 49.3 Å². The van der Waals surface area contributed by atoms with Crippen LogP contribution in [-0.2, 0) is 4.74 Å². The van der Waals surface area contributed by atoms with E-state index >= 15 is 0 Å². The van der Waals surface area contributed by atoms with Gasteiger partial charge in [-0.3, -0.25) is 14.5 Å². The summed E-state index contributed by atoms with van der Waals surface area (Å²) in [5, 5.41) is 0.842. The summed E-state index contributed by atoms with van der Waals surface area (Å²) in [5.41, 5.74) is 1.41. The van der Waals surface area contributed by atoms with E-state index in [-0.39, 0.29) is 17.1 Å². The molecule has 2 aliphatic heterocycles. The van der Waals surface area contributed by atoms with E-state index in [9.17, 15) is 9.59 Å². The van der Waals surface area contributed by atoms with Gasteiger partial charge in [-0.05, 0) is 42.3 Å². The molecule has 0 N–H and O–H groups in total. The molecule has 166 valence electrons. The van der Waals surface area contributed by atoms with E-state index in [0.29, 0.717) is 28.1 Å². The second kappa shape index (κ2) is 8.98. The molecule has 32 heavy (non-hydrogen) atoms. The maximum Gasteiger partial charge on any atom is 0.290 e. The minimum absolute atomic E-state index is 0.126. The highest BCUT2D eigenvalue weighted by molar-refractivity contribution is 9.10. The third-order valence-corrected chi connectivity index (χ3v) is 6.80. The number of nitrogens with zero attached hydrogens (tertiary/aromatic N) is 2. The van der Waals surface area contributed by atoms with Gasteiger partial charge in [-0.25, -0.2) is 0 Å². The molecule has 2 aliphatic rings. The third kappa shape index (κ3) is 3.99. The van der Waals surface area contributed by atoms with Crippen LogP contribution in [0.5, 0.6) is 0 Å². The van der Waals surface area contributed by atoms with Crippen molar-refractivity contribution in [2.75, 3.05) is 39.4 Å². The van der Waals surface area contributed by atoms with Crippen molar-refractivity contribution in [1.29, 1.82) is 0 Å². The van der Waals surface area contributed by atoms with Crippen LogP contribution in [-0.4, -0.2) is 55.1 Å². The van der Waals surface area contributed by atoms with Crippen molar-refractivity contribution in [3.8, 4) is 0 Å². The summed E-state index contributed by atoms with van der Waals surface area (Å²) in [7, 11) is 0. The molecule has 1 amide bonds. The maximum atomic E-state index is 13.5. The number of ether oxygens (including phenoxy) is 1. The van der Waals surface area contributed by atoms with Gasteiger partial charge < -0.3 is 14.1 Å². The lowest BCUT2D eigenvalue weighted by Gasteiger charge is -2.29. The van der Waals surface area contributed by atoms with Crippen molar-refractivity contribution in [1.82, 2.24) is 9.80 Å². The Bertz CT molecular complexity index is 1240. The molecule has 1 aromatic heterocycles. The first-order valence-electron chi connectivity index (χ1n) is 10.7. The average molecular weight is 518 g/mol. The van der Waals surface area contributed by atoms with E-state index in [4.69, 9.17) is 20.8 Å². The Hall–Kier alpha value is -2.19. The van der Waals surface area contributed by atoms with E-state index in [1.807, 2.05) is 24.3 Å². The molecule has 5 rings (SSSR count). The first-order chi connectivity index (χ1) is 15.5. The highest BCUT2D eigenvalue weighted by Crippen LogP contribution is 2.39. The topological polar surface area (TPSA) is 63.0 Å². The first-order valence-corrected chi connectivity index (χ1v) is 11.8. The quantitative estimate of drug-likeness (QED) is 0.499. The maximum absolute atomic E-state index is 13.5. The summed E-state index contributed by atoms with van der Waals surface area (Å²) in [6.07, 6.45) is 0.795. The first kappa shape index (κ1) is 21.6. The van der Waals surface area contributed by atoms with Crippen LogP contribution in [0.3, 0.4) is 0 Å². The van der Waals surface area contributed by atoms with Gasteiger partial charge >= 0.3 is 0 Å². The number of morpholine rings is 1. The van der Waals surface area contributed by atoms with Crippen LogP contribution in [0.2, 0.25) is 5.02 Å². The number of hydrogen-bond acceptors (Lipinski definition) is 5. The fourth-order valence-electron chi connectivity index (χ4n) is 4.54. The second-order valence-corrected chi connectivity index (χ2v) is 9.43. The highest BCUT2D eigenvalue weighted by atomic mass is 79.9. The van der Waals surface area contributed by atoms with Gasteiger partial charge in [0.15, 0.2) is 5.43 Å². The summed E-state index contributed by atoms with van der Waals surface area (Å²) in [4.78, 5) is 31.1. The lowest BCUT2D eigenvalue weighted by atomic mass is 9.98. The van der Waals surface area contributed by atoms with Crippen molar-refractivity contribution < 1.29 is 13.9 Å². The molecule has 0 bridgehead atoms. The zero-order valence-corrected chi connectivity index (χ0v) is 19.7.